The molecule has 0 spiro atoms. The lowest BCUT2D eigenvalue weighted by atomic mass is 9.95. The third kappa shape index (κ3) is 4.37. The van der Waals surface area contributed by atoms with Gasteiger partial charge in [0.2, 0.25) is 0 Å². The molecule has 2 N–H and O–H groups in total. The predicted molar refractivity (Wildman–Crippen MR) is 80.9 cm³/mol. The normalized spacial score (nSPS) is 23.6. The van der Waals surface area contributed by atoms with Crippen molar-refractivity contribution < 1.29 is 5.11 Å². The Labute approximate surface area is 120 Å². The van der Waals surface area contributed by atoms with E-state index in [-0.39, 0.29) is 6.61 Å². The van der Waals surface area contributed by atoms with Gasteiger partial charge in [-0.2, -0.15) is 0 Å². The third-order valence-corrected chi connectivity index (χ3v) is 3.87. The Morgan fingerprint density at radius 3 is 2.74 bits per heavy atom. The van der Waals surface area contributed by atoms with E-state index >= 15 is 0 Å². The Balaban J connectivity index is 1.95. The lowest BCUT2D eigenvalue weighted by Gasteiger charge is -2.38. The van der Waals surface area contributed by atoms with E-state index in [1.165, 1.54) is 12.1 Å². The van der Waals surface area contributed by atoms with Crippen molar-refractivity contribution in [2.24, 2.45) is 5.92 Å². The number of aliphatic hydroxyl groups excluding tert-OH is 1. The van der Waals surface area contributed by atoms with Gasteiger partial charge in [0.05, 0.1) is 0 Å². The van der Waals surface area contributed by atoms with Crippen LogP contribution in [-0.2, 0) is 0 Å². The molecule has 1 aromatic carbocycles. The van der Waals surface area contributed by atoms with Gasteiger partial charge in [0.15, 0.2) is 0 Å². The molecule has 2 rings (SSSR count). The Morgan fingerprint density at radius 2 is 2.05 bits per heavy atom. The molecule has 1 heterocycles. The van der Waals surface area contributed by atoms with Gasteiger partial charge >= 0.3 is 0 Å². The number of aliphatic hydroxyl groups is 1. The van der Waals surface area contributed by atoms with Gasteiger partial charge in [-0.3, -0.25) is 0 Å². The summed E-state index contributed by atoms with van der Waals surface area (Å²) in [7, 11) is 0. The molecule has 2 atom stereocenters. The van der Waals surface area contributed by atoms with E-state index in [2.05, 4.69) is 29.3 Å². The van der Waals surface area contributed by atoms with Crippen LogP contribution in [0.4, 0.5) is 5.69 Å². The number of hydrogen-bond acceptors (Lipinski definition) is 3. The van der Waals surface area contributed by atoms with Gasteiger partial charge in [0, 0.05) is 36.4 Å². The highest BCUT2D eigenvalue weighted by Crippen LogP contribution is 2.24. The number of hydrogen-bond donors (Lipinski definition) is 2. The summed E-state index contributed by atoms with van der Waals surface area (Å²) in [4.78, 5) is 2.42. The van der Waals surface area contributed by atoms with Crippen LogP contribution in [0.3, 0.4) is 0 Å². The molecule has 2 unspecified atom stereocenters. The van der Waals surface area contributed by atoms with E-state index in [1.807, 2.05) is 12.1 Å². The zero-order valence-corrected chi connectivity index (χ0v) is 12.2. The summed E-state index contributed by atoms with van der Waals surface area (Å²) < 4.78 is 0. The highest BCUT2D eigenvalue weighted by atomic mass is 35.5. The highest BCUT2D eigenvalue weighted by Gasteiger charge is 2.24. The first-order chi connectivity index (χ1) is 9.19. The highest BCUT2D eigenvalue weighted by molar-refractivity contribution is 6.30. The fourth-order valence-corrected chi connectivity index (χ4v) is 2.87. The van der Waals surface area contributed by atoms with Crippen LogP contribution in [0.25, 0.3) is 0 Å². The van der Waals surface area contributed by atoms with Gasteiger partial charge in [-0.05, 0) is 49.6 Å². The molecule has 0 aromatic heterocycles. The van der Waals surface area contributed by atoms with Crippen molar-refractivity contribution in [3.8, 4) is 0 Å². The van der Waals surface area contributed by atoms with Gasteiger partial charge < -0.3 is 15.3 Å². The largest absolute Gasteiger partial charge is 0.396 e. The SMILES string of the molecule is CC1CC(NCCCO)CN(c2ccc(Cl)cc2)C1. The number of piperidine rings is 1. The first-order valence-electron chi connectivity index (χ1n) is 7.04. The van der Waals surface area contributed by atoms with Gasteiger partial charge in [-0.25, -0.2) is 0 Å². The van der Waals surface area contributed by atoms with Crippen molar-refractivity contribution in [2.45, 2.75) is 25.8 Å². The van der Waals surface area contributed by atoms with Crippen LogP contribution in [0.1, 0.15) is 19.8 Å². The number of nitrogens with zero attached hydrogens (tertiary/aromatic N) is 1. The molecule has 106 valence electrons. The summed E-state index contributed by atoms with van der Waals surface area (Å²) in [6.07, 6.45) is 2.03. The molecule has 1 saturated heterocycles. The standard InChI is InChI=1S/C15H23ClN2O/c1-12-9-14(17-7-2-8-19)11-18(10-12)15-5-3-13(16)4-6-15/h3-6,12,14,17,19H,2,7-11H2,1H3. The van der Waals surface area contributed by atoms with Crippen molar-refractivity contribution in [3.05, 3.63) is 29.3 Å². The number of anilines is 1. The first-order valence-corrected chi connectivity index (χ1v) is 7.41. The quantitative estimate of drug-likeness (QED) is 0.815. The minimum Gasteiger partial charge on any atom is -0.396 e. The summed E-state index contributed by atoms with van der Waals surface area (Å²) in [6, 6.07) is 8.58. The van der Waals surface area contributed by atoms with Crippen LogP contribution in [-0.4, -0.2) is 37.4 Å². The van der Waals surface area contributed by atoms with Crippen molar-refractivity contribution in [3.63, 3.8) is 0 Å². The summed E-state index contributed by atoms with van der Waals surface area (Å²) in [5, 5.41) is 13.2. The lowest BCUT2D eigenvalue weighted by molar-refractivity contribution is 0.276. The Bertz CT molecular complexity index is 382. The molecular formula is C15H23ClN2O. The van der Waals surface area contributed by atoms with Crippen LogP contribution in [0, 0.1) is 5.92 Å². The average Bonchev–Trinajstić information content (AvgIpc) is 2.39. The second-order valence-corrected chi connectivity index (χ2v) is 5.89. The first kappa shape index (κ1) is 14.6. The fraction of sp³-hybridized carbons (Fsp3) is 0.600. The van der Waals surface area contributed by atoms with E-state index in [1.54, 1.807) is 0 Å². The average molecular weight is 283 g/mol. The third-order valence-electron chi connectivity index (χ3n) is 3.62. The fourth-order valence-electron chi connectivity index (χ4n) is 2.75. The number of benzene rings is 1. The monoisotopic (exact) mass is 282 g/mol. The van der Waals surface area contributed by atoms with Gasteiger partial charge in [-0.1, -0.05) is 18.5 Å². The summed E-state index contributed by atoms with van der Waals surface area (Å²) in [5.74, 6) is 0.677. The zero-order chi connectivity index (χ0) is 13.7. The molecule has 0 bridgehead atoms. The number of nitrogens with one attached hydrogen (secondary N) is 1. The summed E-state index contributed by atoms with van der Waals surface area (Å²) >= 11 is 5.94. The van der Waals surface area contributed by atoms with Crippen LogP contribution in [0.15, 0.2) is 24.3 Å². The molecule has 3 nitrogen and oxygen atoms in total. The van der Waals surface area contributed by atoms with Crippen LogP contribution < -0.4 is 10.2 Å². The molecule has 0 radical (unpaired) electrons. The second-order valence-electron chi connectivity index (χ2n) is 5.45. The minimum absolute atomic E-state index is 0.260. The molecular weight excluding hydrogens is 260 g/mol. The Morgan fingerprint density at radius 1 is 1.32 bits per heavy atom. The molecule has 0 aliphatic carbocycles. The molecule has 4 heteroatoms. The van der Waals surface area contributed by atoms with Crippen molar-refractivity contribution >= 4 is 17.3 Å². The maximum absolute atomic E-state index is 8.84. The molecule has 19 heavy (non-hydrogen) atoms. The van der Waals surface area contributed by atoms with E-state index < -0.39 is 0 Å². The van der Waals surface area contributed by atoms with E-state index in [4.69, 9.17) is 16.7 Å². The van der Waals surface area contributed by atoms with Gasteiger partial charge in [0.1, 0.15) is 0 Å². The molecule has 0 saturated carbocycles. The molecule has 0 amide bonds. The molecule has 1 aromatic rings. The van der Waals surface area contributed by atoms with E-state index in [9.17, 15) is 0 Å². The van der Waals surface area contributed by atoms with E-state index in [0.717, 1.165) is 31.1 Å². The smallest absolute Gasteiger partial charge is 0.0443 e. The van der Waals surface area contributed by atoms with E-state index in [0.29, 0.717) is 12.0 Å². The predicted octanol–water partition coefficient (Wildman–Crippen LogP) is 2.53. The van der Waals surface area contributed by atoms with Crippen molar-refractivity contribution in [1.29, 1.82) is 0 Å². The van der Waals surface area contributed by atoms with Gasteiger partial charge in [0.25, 0.3) is 0 Å². The lowest BCUT2D eigenvalue weighted by Crippen LogP contribution is -2.49. The summed E-state index contributed by atoms with van der Waals surface area (Å²) in [6.45, 7) is 5.57. The van der Waals surface area contributed by atoms with Crippen LogP contribution in [0.2, 0.25) is 5.02 Å². The Hall–Kier alpha value is -0.770. The van der Waals surface area contributed by atoms with Crippen molar-refractivity contribution in [1.82, 2.24) is 5.32 Å². The maximum Gasteiger partial charge on any atom is 0.0443 e. The summed E-state index contributed by atoms with van der Waals surface area (Å²) in [5.41, 5.74) is 1.24. The maximum atomic E-state index is 8.84. The Kier molecular flexibility index (Phi) is 5.49. The molecule has 1 fully saturated rings. The number of halogens is 1. The van der Waals surface area contributed by atoms with Crippen LogP contribution in [0.5, 0.6) is 0 Å². The van der Waals surface area contributed by atoms with Gasteiger partial charge in [-0.15, -0.1) is 0 Å². The zero-order valence-electron chi connectivity index (χ0n) is 11.5. The topological polar surface area (TPSA) is 35.5 Å². The number of rotatable bonds is 5. The molecule has 1 aliphatic rings. The molecule has 1 aliphatic heterocycles. The van der Waals surface area contributed by atoms with Crippen molar-refractivity contribution in [2.75, 3.05) is 31.1 Å². The minimum atomic E-state index is 0.260. The van der Waals surface area contributed by atoms with Crippen LogP contribution >= 0.6 is 11.6 Å². The second kappa shape index (κ2) is 7.13.